The van der Waals surface area contributed by atoms with Gasteiger partial charge in [0.2, 0.25) is 5.78 Å². The Balaban J connectivity index is 1.84. The van der Waals surface area contributed by atoms with E-state index < -0.39 is 0 Å². The molecule has 2 aromatic rings. The SMILES string of the molecule is COc1cccc(C=C2Oc3cc(OCC(C)=O)ccc3C2=O)c1. The average Bonchev–Trinajstić information content (AvgIpc) is 2.88. The van der Waals surface area contributed by atoms with Crippen molar-refractivity contribution < 1.29 is 23.8 Å². The van der Waals surface area contributed by atoms with Crippen LogP contribution in [0.2, 0.25) is 0 Å². The van der Waals surface area contributed by atoms with E-state index in [4.69, 9.17) is 14.2 Å². The Kier molecular flexibility index (Phi) is 4.33. The van der Waals surface area contributed by atoms with Crippen LogP contribution in [-0.4, -0.2) is 25.3 Å². The molecule has 0 aromatic heterocycles. The molecule has 0 bridgehead atoms. The highest BCUT2D eigenvalue weighted by Gasteiger charge is 2.27. The van der Waals surface area contributed by atoms with Gasteiger partial charge in [-0.3, -0.25) is 9.59 Å². The third-order valence-corrected chi connectivity index (χ3v) is 3.48. The van der Waals surface area contributed by atoms with Crippen molar-refractivity contribution >= 4 is 17.6 Å². The van der Waals surface area contributed by atoms with Crippen LogP contribution in [0.15, 0.2) is 48.2 Å². The highest BCUT2D eigenvalue weighted by molar-refractivity contribution is 6.14. The van der Waals surface area contributed by atoms with Gasteiger partial charge in [0.1, 0.15) is 23.9 Å². The monoisotopic (exact) mass is 324 g/mol. The van der Waals surface area contributed by atoms with Crippen LogP contribution in [0.4, 0.5) is 0 Å². The van der Waals surface area contributed by atoms with Crippen molar-refractivity contribution in [3.63, 3.8) is 0 Å². The van der Waals surface area contributed by atoms with Crippen LogP contribution in [0.25, 0.3) is 6.08 Å². The first kappa shape index (κ1) is 15.8. The standard InChI is InChI=1S/C19H16O5/c1-12(20)11-23-15-6-7-16-17(10-15)24-18(19(16)21)9-13-4-3-5-14(8-13)22-2/h3-10H,11H2,1-2H3. The second-order valence-electron chi connectivity index (χ2n) is 5.37. The van der Waals surface area contributed by atoms with Gasteiger partial charge in [-0.25, -0.2) is 0 Å². The first-order chi connectivity index (χ1) is 11.6. The zero-order chi connectivity index (χ0) is 17.1. The van der Waals surface area contributed by atoms with Crippen LogP contribution in [-0.2, 0) is 4.79 Å². The lowest BCUT2D eigenvalue weighted by atomic mass is 10.1. The third kappa shape index (κ3) is 3.30. The lowest BCUT2D eigenvalue weighted by Crippen LogP contribution is -2.06. The van der Waals surface area contributed by atoms with Gasteiger partial charge in [0.15, 0.2) is 11.5 Å². The molecule has 1 aliphatic heterocycles. The van der Waals surface area contributed by atoms with Crippen molar-refractivity contribution in [1.82, 2.24) is 0 Å². The molecule has 0 N–H and O–H groups in total. The summed E-state index contributed by atoms with van der Waals surface area (Å²) in [7, 11) is 1.59. The second kappa shape index (κ2) is 6.58. The summed E-state index contributed by atoms with van der Waals surface area (Å²) in [6.07, 6.45) is 1.67. The number of hydrogen-bond donors (Lipinski definition) is 0. The minimum Gasteiger partial charge on any atom is -0.497 e. The minimum absolute atomic E-state index is 0.0146. The Hall–Kier alpha value is -3.08. The van der Waals surface area contributed by atoms with Crippen LogP contribution < -0.4 is 14.2 Å². The first-order valence-corrected chi connectivity index (χ1v) is 7.41. The molecule has 0 radical (unpaired) electrons. The quantitative estimate of drug-likeness (QED) is 0.790. The van der Waals surface area contributed by atoms with Crippen molar-refractivity contribution in [2.75, 3.05) is 13.7 Å². The van der Waals surface area contributed by atoms with E-state index in [1.807, 2.05) is 24.3 Å². The Bertz CT molecular complexity index is 835. The van der Waals surface area contributed by atoms with Gasteiger partial charge in [-0.1, -0.05) is 12.1 Å². The summed E-state index contributed by atoms with van der Waals surface area (Å²) in [6.45, 7) is 1.43. The molecular weight excluding hydrogens is 308 g/mol. The largest absolute Gasteiger partial charge is 0.497 e. The van der Waals surface area contributed by atoms with E-state index in [1.54, 1.807) is 31.4 Å². The topological polar surface area (TPSA) is 61.8 Å². The van der Waals surface area contributed by atoms with Gasteiger partial charge in [-0.15, -0.1) is 0 Å². The minimum atomic E-state index is -0.189. The molecule has 0 atom stereocenters. The number of fused-ring (bicyclic) bond motifs is 1. The fourth-order valence-electron chi connectivity index (χ4n) is 2.32. The van der Waals surface area contributed by atoms with Crippen LogP contribution >= 0.6 is 0 Å². The van der Waals surface area contributed by atoms with Crippen molar-refractivity contribution in [1.29, 1.82) is 0 Å². The van der Waals surface area contributed by atoms with Gasteiger partial charge in [0.25, 0.3) is 0 Å². The van der Waals surface area contributed by atoms with Gasteiger partial charge in [0, 0.05) is 6.07 Å². The molecule has 0 saturated heterocycles. The fraction of sp³-hybridized carbons (Fsp3) is 0.158. The predicted octanol–water partition coefficient (Wildman–Crippen LogP) is 3.28. The summed E-state index contributed by atoms with van der Waals surface area (Å²) in [4.78, 5) is 23.4. The summed E-state index contributed by atoms with van der Waals surface area (Å²) in [6, 6.07) is 12.2. The number of rotatable bonds is 5. The molecule has 0 amide bonds. The highest BCUT2D eigenvalue weighted by Crippen LogP contribution is 2.35. The molecule has 0 aliphatic carbocycles. The van der Waals surface area contributed by atoms with Crippen molar-refractivity contribution in [2.24, 2.45) is 0 Å². The number of benzene rings is 2. The molecule has 0 saturated carbocycles. The summed E-state index contributed by atoms with van der Waals surface area (Å²) >= 11 is 0. The summed E-state index contributed by atoms with van der Waals surface area (Å²) < 4.78 is 16.2. The number of carbonyl (C=O) groups excluding carboxylic acids is 2. The van der Waals surface area contributed by atoms with Crippen LogP contribution in [0.3, 0.4) is 0 Å². The lowest BCUT2D eigenvalue weighted by Gasteiger charge is -2.05. The van der Waals surface area contributed by atoms with E-state index in [9.17, 15) is 9.59 Å². The number of carbonyl (C=O) groups is 2. The molecule has 1 aliphatic rings. The van der Waals surface area contributed by atoms with Gasteiger partial charge in [-0.2, -0.15) is 0 Å². The van der Waals surface area contributed by atoms with E-state index in [0.717, 1.165) is 5.56 Å². The van der Waals surface area contributed by atoms with E-state index in [1.165, 1.54) is 6.92 Å². The number of ether oxygens (including phenoxy) is 3. The van der Waals surface area contributed by atoms with E-state index >= 15 is 0 Å². The maximum atomic E-state index is 12.4. The molecule has 1 heterocycles. The van der Waals surface area contributed by atoms with Gasteiger partial charge in [0.05, 0.1) is 12.7 Å². The number of Topliss-reactive ketones (excluding diaryl/α,β-unsaturated/α-hetero) is 2. The fourth-order valence-corrected chi connectivity index (χ4v) is 2.32. The molecule has 24 heavy (non-hydrogen) atoms. The Morgan fingerprint density at radius 1 is 1.17 bits per heavy atom. The maximum Gasteiger partial charge on any atom is 0.231 e. The van der Waals surface area contributed by atoms with E-state index in [-0.39, 0.29) is 23.9 Å². The van der Waals surface area contributed by atoms with Crippen LogP contribution in [0.1, 0.15) is 22.8 Å². The molecule has 122 valence electrons. The number of ketones is 2. The summed E-state index contributed by atoms with van der Waals surface area (Å²) in [5.74, 6) is 1.58. The number of allylic oxidation sites excluding steroid dienone is 1. The van der Waals surface area contributed by atoms with Gasteiger partial charge < -0.3 is 14.2 Å². The molecule has 5 nitrogen and oxygen atoms in total. The van der Waals surface area contributed by atoms with E-state index in [0.29, 0.717) is 22.8 Å². The number of hydrogen-bond acceptors (Lipinski definition) is 5. The molecule has 2 aromatic carbocycles. The van der Waals surface area contributed by atoms with Crippen molar-refractivity contribution in [3.05, 3.63) is 59.4 Å². The Labute approximate surface area is 139 Å². The molecule has 0 unspecified atom stereocenters. The molecule has 3 rings (SSSR count). The average molecular weight is 324 g/mol. The third-order valence-electron chi connectivity index (χ3n) is 3.48. The van der Waals surface area contributed by atoms with Crippen molar-refractivity contribution in [2.45, 2.75) is 6.92 Å². The Morgan fingerprint density at radius 2 is 2.00 bits per heavy atom. The Morgan fingerprint density at radius 3 is 2.75 bits per heavy atom. The predicted molar refractivity (Wildman–Crippen MR) is 88.5 cm³/mol. The lowest BCUT2D eigenvalue weighted by molar-refractivity contribution is -0.118. The van der Waals surface area contributed by atoms with Crippen LogP contribution in [0, 0.1) is 0 Å². The normalized spacial score (nSPS) is 14.2. The van der Waals surface area contributed by atoms with Crippen molar-refractivity contribution in [3.8, 4) is 17.2 Å². The zero-order valence-corrected chi connectivity index (χ0v) is 13.4. The first-order valence-electron chi connectivity index (χ1n) is 7.41. The molecule has 0 spiro atoms. The van der Waals surface area contributed by atoms with E-state index in [2.05, 4.69) is 0 Å². The van der Waals surface area contributed by atoms with Crippen LogP contribution in [0.5, 0.6) is 17.2 Å². The second-order valence-corrected chi connectivity index (χ2v) is 5.37. The zero-order valence-electron chi connectivity index (χ0n) is 13.4. The highest BCUT2D eigenvalue weighted by atomic mass is 16.5. The summed E-state index contributed by atoms with van der Waals surface area (Å²) in [5.41, 5.74) is 1.28. The molecule has 5 heteroatoms. The van der Waals surface area contributed by atoms with Gasteiger partial charge >= 0.3 is 0 Å². The number of methoxy groups -OCH3 is 1. The smallest absolute Gasteiger partial charge is 0.231 e. The maximum absolute atomic E-state index is 12.4. The summed E-state index contributed by atoms with van der Waals surface area (Å²) in [5, 5.41) is 0. The molecular formula is C19H16O5. The molecule has 0 fully saturated rings. The van der Waals surface area contributed by atoms with Gasteiger partial charge in [-0.05, 0) is 42.8 Å².